The number of carbonyl (C=O) groups excluding carboxylic acids is 1. The Hall–Kier alpha value is -0.460. The first-order valence-electron chi connectivity index (χ1n) is 1.75. The van der Waals surface area contributed by atoms with Crippen LogP contribution in [0.1, 0.15) is 0 Å². The van der Waals surface area contributed by atoms with Crippen LogP contribution in [-0.4, -0.2) is 17.7 Å². The van der Waals surface area contributed by atoms with Crippen molar-refractivity contribution in [3.63, 3.8) is 0 Å². The lowest BCUT2D eigenvalue weighted by atomic mass is 11.2. The first kappa shape index (κ1) is 7.54. The largest absolute Gasteiger partial charge is 0.452 e. The van der Waals surface area contributed by atoms with Crippen LogP contribution in [0.3, 0.4) is 0 Å². The van der Waals surface area contributed by atoms with Crippen LogP contribution in [0.2, 0.25) is 0 Å². The zero-order valence-corrected chi connectivity index (χ0v) is 5.18. The molecule has 1 amide bonds. The fourth-order valence-electron chi connectivity index (χ4n) is 0.139. The Balaban J connectivity index is 3.25. The van der Waals surface area contributed by atoms with E-state index in [0.29, 0.717) is 4.52 Å². The molecule has 0 unspecified atom stereocenters. The molecule has 0 aliphatic carbocycles. The Kier molecular flexibility index (Phi) is 3.33. The molecule has 8 heavy (non-hydrogen) atoms. The minimum atomic E-state index is -0.650. The highest BCUT2D eigenvalue weighted by Crippen LogP contribution is 1.75. The molecule has 6 heteroatoms. The fourth-order valence-corrected chi connectivity index (χ4v) is 0.221. The molecule has 48 valence electrons. The van der Waals surface area contributed by atoms with Gasteiger partial charge < -0.3 is 4.74 Å². The normalized spacial score (nSPS) is 9.00. The summed E-state index contributed by atoms with van der Waals surface area (Å²) in [6, 6.07) is 0. The Bertz CT molecular complexity index is 85.4. The van der Waals surface area contributed by atoms with E-state index in [-0.39, 0.29) is 0 Å². The minimum Gasteiger partial charge on any atom is -0.452 e. The van der Waals surface area contributed by atoms with E-state index >= 15 is 0 Å². The van der Waals surface area contributed by atoms with E-state index in [4.69, 9.17) is 5.84 Å². The molecule has 0 aromatic heterocycles. The van der Waals surface area contributed by atoms with Gasteiger partial charge in [-0.3, -0.25) is 0 Å². The average molecular weight is 137 g/mol. The highest BCUT2D eigenvalue weighted by Gasteiger charge is 1.96. The van der Waals surface area contributed by atoms with Gasteiger partial charge in [0.15, 0.2) is 0 Å². The number of methoxy groups -OCH3 is 1. The van der Waals surface area contributed by atoms with Crippen molar-refractivity contribution < 1.29 is 9.53 Å². The van der Waals surface area contributed by atoms with Crippen molar-refractivity contribution in [1.29, 1.82) is 0 Å². The smallest absolute Gasteiger partial charge is 0.423 e. The second kappa shape index (κ2) is 3.53. The Morgan fingerprint density at radius 2 is 2.50 bits per heavy atom. The molecule has 0 radical (unpaired) electrons. The monoisotopic (exact) mass is 137 g/mol. The number of carbonyl (C=O) groups is 1. The molecule has 0 heterocycles. The van der Waals surface area contributed by atoms with Crippen LogP contribution in [0.5, 0.6) is 0 Å². The van der Waals surface area contributed by atoms with E-state index in [0.717, 1.165) is 0 Å². The average Bonchev–Trinajstić information content (AvgIpc) is 1.65. The SMILES string of the molecule is COC(=O)NN(N)S. The molecule has 0 saturated carbocycles. The van der Waals surface area contributed by atoms with Gasteiger partial charge in [0, 0.05) is 0 Å². The minimum absolute atomic E-state index is 0.650. The first-order valence-corrected chi connectivity index (χ1v) is 2.15. The van der Waals surface area contributed by atoms with Gasteiger partial charge in [-0.15, -0.1) is 0 Å². The van der Waals surface area contributed by atoms with Crippen LogP contribution in [0.15, 0.2) is 0 Å². The third kappa shape index (κ3) is 3.72. The molecule has 0 rings (SSSR count). The molecule has 0 fully saturated rings. The maximum absolute atomic E-state index is 10.1. The number of nitrogens with zero attached hydrogens (tertiary/aromatic N) is 1. The van der Waals surface area contributed by atoms with Gasteiger partial charge in [-0.25, -0.2) is 16.1 Å². The summed E-state index contributed by atoms with van der Waals surface area (Å²) in [6.45, 7) is 0. The predicted molar refractivity (Wildman–Crippen MR) is 30.6 cm³/mol. The van der Waals surface area contributed by atoms with Gasteiger partial charge in [0.25, 0.3) is 0 Å². The molecule has 0 saturated heterocycles. The predicted octanol–water partition coefficient (Wildman–Crippen LogP) is -0.722. The number of rotatable bonds is 1. The lowest BCUT2D eigenvalue weighted by Crippen LogP contribution is -2.40. The van der Waals surface area contributed by atoms with Gasteiger partial charge in [0.2, 0.25) is 0 Å². The number of nitrogens with one attached hydrogen (secondary N) is 1. The summed E-state index contributed by atoms with van der Waals surface area (Å²) < 4.78 is 4.84. The van der Waals surface area contributed by atoms with Crippen molar-refractivity contribution in [3.8, 4) is 0 Å². The summed E-state index contributed by atoms with van der Waals surface area (Å²) in [7, 11) is 1.23. The highest BCUT2D eigenvalue weighted by molar-refractivity contribution is 7.77. The van der Waals surface area contributed by atoms with Crippen LogP contribution in [0.25, 0.3) is 0 Å². The molecular weight excluding hydrogens is 130 g/mol. The molecule has 0 atom stereocenters. The van der Waals surface area contributed by atoms with Gasteiger partial charge in [0.05, 0.1) is 7.11 Å². The molecule has 0 bridgehead atoms. The first-order chi connectivity index (χ1) is 3.66. The van der Waals surface area contributed by atoms with Gasteiger partial charge in [-0.05, 0) is 0 Å². The van der Waals surface area contributed by atoms with E-state index in [9.17, 15) is 4.79 Å². The summed E-state index contributed by atoms with van der Waals surface area (Å²) in [5.74, 6) is 4.85. The van der Waals surface area contributed by atoms with Crippen molar-refractivity contribution in [2.75, 3.05) is 7.11 Å². The summed E-state index contributed by atoms with van der Waals surface area (Å²) in [5, 5.41) is 0. The van der Waals surface area contributed by atoms with Crippen LogP contribution in [-0.2, 0) is 4.74 Å². The van der Waals surface area contributed by atoms with Crippen molar-refractivity contribution in [1.82, 2.24) is 9.95 Å². The van der Waals surface area contributed by atoms with Crippen LogP contribution in [0.4, 0.5) is 4.79 Å². The summed E-state index contributed by atoms with van der Waals surface area (Å²) in [5.41, 5.74) is 2.01. The third-order valence-electron chi connectivity index (χ3n) is 0.391. The van der Waals surface area contributed by atoms with Gasteiger partial charge in [0.1, 0.15) is 0 Å². The number of amides is 1. The quantitative estimate of drug-likeness (QED) is 0.253. The Morgan fingerprint density at radius 1 is 2.00 bits per heavy atom. The van der Waals surface area contributed by atoms with Crippen LogP contribution >= 0.6 is 12.8 Å². The topological polar surface area (TPSA) is 67.6 Å². The van der Waals surface area contributed by atoms with Gasteiger partial charge in [-0.2, -0.15) is 0 Å². The van der Waals surface area contributed by atoms with Crippen molar-refractivity contribution in [2.45, 2.75) is 0 Å². The molecule has 0 spiro atoms. The van der Waals surface area contributed by atoms with E-state index in [2.05, 4.69) is 17.6 Å². The lowest BCUT2D eigenvalue weighted by molar-refractivity contribution is 0.153. The zero-order chi connectivity index (χ0) is 6.57. The molecule has 5 nitrogen and oxygen atoms in total. The van der Waals surface area contributed by atoms with E-state index in [1.165, 1.54) is 7.11 Å². The molecule has 0 aromatic rings. The fraction of sp³-hybridized carbons (Fsp3) is 0.500. The van der Waals surface area contributed by atoms with E-state index in [1.807, 2.05) is 5.43 Å². The highest BCUT2D eigenvalue weighted by atomic mass is 32.1. The summed E-state index contributed by atoms with van der Waals surface area (Å²) >= 11 is 3.49. The van der Waals surface area contributed by atoms with Crippen molar-refractivity contribution >= 4 is 18.9 Å². The Morgan fingerprint density at radius 3 is 2.62 bits per heavy atom. The molecule has 0 aliphatic heterocycles. The van der Waals surface area contributed by atoms with Gasteiger partial charge in [-0.1, -0.05) is 17.3 Å². The maximum Gasteiger partial charge on any atom is 0.423 e. The van der Waals surface area contributed by atoms with E-state index < -0.39 is 6.09 Å². The number of thiol groups is 1. The van der Waals surface area contributed by atoms with Crippen molar-refractivity contribution in [3.05, 3.63) is 0 Å². The molecule has 3 N–H and O–H groups in total. The van der Waals surface area contributed by atoms with E-state index in [1.54, 1.807) is 0 Å². The second-order valence-corrected chi connectivity index (χ2v) is 1.38. The number of nitrogens with two attached hydrogens (primary N) is 1. The maximum atomic E-state index is 10.1. The van der Waals surface area contributed by atoms with Crippen LogP contribution in [0, 0.1) is 0 Å². The summed E-state index contributed by atoms with van der Waals surface area (Å²) in [4.78, 5) is 10.1. The standard InChI is InChI=1S/C2H7N3O2S/c1-7-2(6)4-5(3)8/h8H,3H2,1H3,(H,4,6). The number of ether oxygens (including phenoxy) is 1. The third-order valence-corrected chi connectivity index (χ3v) is 0.491. The molecular formula is C2H7N3O2S. The molecule has 0 aromatic carbocycles. The van der Waals surface area contributed by atoms with Crippen LogP contribution < -0.4 is 11.3 Å². The summed E-state index contributed by atoms with van der Waals surface area (Å²) in [6.07, 6.45) is -0.650. The number of hydrogen-bond acceptors (Lipinski definition) is 5. The Labute approximate surface area is 52.3 Å². The zero-order valence-electron chi connectivity index (χ0n) is 4.29. The lowest BCUT2D eigenvalue weighted by Gasteiger charge is -2.06. The molecule has 0 aliphatic rings. The second-order valence-electron chi connectivity index (χ2n) is 0.948. The van der Waals surface area contributed by atoms with Crippen molar-refractivity contribution in [2.24, 2.45) is 5.84 Å². The number of hydrazine groups is 2. The van der Waals surface area contributed by atoms with Gasteiger partial charge >= 0.3 is 6.09 Å². The number of hydrogen-bond donors (Lipinski definition) is 3.